The van der Waals surface area contributed by atoms with Gasteiger partial charge in [-0.15, -0.1) is 11.3 Å². The summed E-state index contributed by atoms with van der Waals surface area (Å²) in [6.07, 6.45) is 2.12. The van der Waals surface area contributed by atoms with Gasteiger partial charge in [-0.1, -0.05) is 6.92 Å². The van der Waals surface area contributed by atoms with Crippen LogP contribution in [0.1, 0.15) is 17.4 Å². The Kier molecular flexibility index (Phi) is 7.60. The highest BCUT2D eigenvalue weighted by Gasteiger charge is 2.25. The van der Waals surface area contributed by atoms with Crippen molar-refractivity contribution in [3.8, 4) is 0 Å². The summed E-state index contributed by atoms with van der Waals surface area (Å²) in [4.78, 5) is 30.0. The Morgan fingerprint density at radius 2 is 1.81 bits per heavy atom. The number of aliphatic imine (C=N–C) groups is 1. The monoisotopic (exact) mass is 460 g/mol. The minimum absolute atomic E-state index is 0.253. The molecule has 3 N–H and O–H groups in total. The van der Waals surface area contributed by atoms with Gasteiger partial charge < -0.3 is 25.3 Å². The van der Waals surface area contributed by atoms with E-state index in [4.69, 9.17) is 15.2 Å². The number of nitrogens with zero attached hydrogens (tertiary/aromatic N) is 3. The lowest BCUT2D eigenvalue weighted by Crippen LogP contribution is -2.47. The molecule has 0 atom stereocenters. The molecule has 2 aromatic rings. The lowest BCUT2D eigenvalue weighted by Gasteiger charge is -2.34. The van der Waals surface area contributed by atoms with Crippen LogP contribution < -0.4 is 5.32 Å². The SMILES string of the molecule is CCc1cc2c(s1)Nc1ccc(F)cc1N=C2N1CCN(C)CC1.O=C(O)/C=C\C(=O)O. The van der Waals surface area contributed by atoms with E-state index in [0.717, 1.165) is 54.7 Å². The van der Waals surface area contributed by atoms with E-state index in [9.17, 15) is 14.0 Å². The Hall–Kier alpha value is -3.24. The van der Waals surface area contributed by atoms with Crippen molar-refractivity contribution in [1.29, 1.82) is 0 Å². The average molecular weight is 461 g/mol. The van der Waals surface area contributed by atoms with Crippen LogP contribution in [0.2, 0.25) is 0 Å². The van der Waals surface area contributed by atoms with Gasteiger partial charge in [0, 0.05) is 49.3 Å². The predicted molar refractivity (Wildman–Crippen MR) is 123 cm³/mol. The number of halogens is 1. The molecular formula is C22H25FN4O4S. The van der Waals surface area contributed by atoms with Crippen LogP contribution in [-0.2, 0) is 16.0 Å². The fourth-order valence-corrected chi connectivity index (χ4v) is 4.28. The number of aryl methyl sites for hydroxylation is 1. The number of carbonyl (C=O) groups is 2. The van der Waals surface area contributed by atoms with Crippen LogP contribution in [0.4, 0.5) is 20.8 Å². The average Bonchev–Trinajstić information content (AvgIpc) is 3.10. The summed E-state index contributed by atoms with van der Waals surface area (Å²) in [5.74, 6) is -1.80. The topological polar surface area (TPSA) is 105 Å². The van der Waals surface area contributed by atoms with Gasteiger partial charge >= 0.3 is 11.9 Å². The smallest absolute Gasteiger partial charge is 0.328 e. The van der Waals surface area contributed by atoms with Crippen molar-refractivity contribution in [3.63, 3.8) is 0 Å². The molecule has 0 bridgehead atoms. The number of carboxylic acid groups (broad SMARTS) is 2. The lowest BCUT2D eigenvalue weighted by atomic mass is 10.2. The highest BCUT2D eigenvalue weighted by molar-refractivity contribution is 7.16. The van der Waals surface area contributed by atoms with E-state index in [1.807, 2.05) is 0 Å². The van der Waals surface area contributed by atoms with E-state index in [0.29, 0.717) is 17.8 Å². The van der Waals surface area contributed by atoms with Crippen molar-refractivity contribution in [2.75, 3.05) is 38.5 Å². The summed E-state index contributed by atoms with van der Waals surface area (Å²) in [5, 5.41) is 20.2. The van der Waals surface area contributed by atoms with E-state index in [1.54, 1.807) is 17.4 Å². The second kappa shape index (κ2) is 10.4. The van der Waals surface area contributed by atoms with Gasteiger partial charge in [0.25, 0.3) is 0 Å². The molecule has 1 aromatic carbocycles. The van der Waals surface area contributed by atoms with E-state index < -0.39 is 11.9 Å². The molecule has 10 heteroatoms. The largest absolute Gasteiger partial charge is 0.478 e. The molecule has 4 rings (SSSR count). The van der Waals surface area contributed by atoms with Gasteiger partial charge in [-0.05, 0) is 31.7 Å². The summed E-state index contributed by atoms with van der Waals surface area (Å²) in [7, 11) is 2.14. The van der Waals surface area contributed by atoms with Crippen molar-refractivity contribution in [2.24, 2.45) is 4.99 Å². The van der Waals surface area contributed by atoms with Crippen molar-refractivity contribution >= 4 is 45.5 Å². The summed E-state index contributed by atoms with van der Waals surface area (Å²) in [5.41, 5.74) is 2.68. The van der Waals surface area contributed by atoms with E-state index in [-0.39, 0.29) is 5.82 Å². The molecule has 2 aliphatic heterocycles. The molecule has 170 valence electrons. The lowest BCUT2D eigenvalue weighted by molar-refractivity contribution is -0.134. The number of piperazine rings is 1. The van der Waals surface area contributed by atoms with E-state index in [1.165, 1.54) is 17.0 Å². The molecule has 1 saturated heterocycles. The first-order valence-electron chi connectivity index (χ1n) is 10.1. The third-order valence-corrected chi connectivity index (χ3v) is 6.17. The maximum Gasteiger partial charge on any atom is 0.328 e. The molecule has 2 aliphatic rings. The van der Waals surface area contributed by atoms with Gasteiger partial charge in [0.2, 0.25) is 0 Å². The maximum atomic E-state index is 13.7. The van der Waals surface area contributed by atoms with Crippen molar-refractivity contribution in [3.05, 3.63) is 52.7 Å². The standard InChI is InChI=1S/C18H21FN4S.C4H4O4/c1-3-13-11-14-17(23-8-6-22(2)7-9-23)20-16-10-12(19)4-5-15(16)21-18(14)24-13;5-3(6)1-2-4(7)8/h4-5,10-11,21H,3,6-9H2,1-2H3;1-2H,(H,5,6)(H,7,8)/b;2-1-. The first kappa shape index (κ1) is 23.4. The van der Waals surface area contributed by atoms with Crippen LogP contribution in [0.25, 0.3) is 0 Å². The summed E-state index contributed by atoms with van der Waals surface area (Å²) >= 11 is 1.76. The number of benzene rings is 1. The number of amidine groups is 1. The van der Waals surface area contributed by atoms with Gasteiger partial charge in [0.1, 0.15) is 16.7 Å². The van der Waals surface area contributed by atoms with Crippen LogP contribution in [0.5, 0.6) is 0 Å². The normalized spacial score (nSPS) is 15.6. The number of carboxylic acids is 2. The molecule has 0 spiro atoms. The molecular weight excluding hydrogens is 435 g/mol. The second-order valence-corrected chi connectivity index (χ2v) is 8.47. The number of likely N-dealkylation sites (N-methyl/N-ethyl adjacent to an activating group) is 1. The van der Waals surface area contributed by atoms with Crippen LogP contribution in [0.15, 0.2) is 41.4 Å². The summed E-state index contributed by atoms with van der Waals surface area (Å²) in [6.45, 7) is 6.08. The van der Waals surface area contributed by atoms with Gasteiger partial charge in [-0.2, -0.15) is 0 Å². The minimum Gasteiger partial charge on any atom is -0.478 e. The molecule has 0 amide bonds. The minimum atomic E-state index is -1.26. The zero-order chi connectivity index (χ0) is 23.3. The van der Waals surface area contributed by atoms with Gasteiger partial charge in [-0.25, -0.2) is 19.0 Å². The molecule has 0 radical (unpaired) electrons. The Morgan fingerprint density at radius 1 is 1.16 bits per heavy atom. The first-order chi connectivity index (χ1) is 15.3. The van der Waals surface area contributed by atoms with Crippen LogP contribution in [0, 0.1) is 5.82 Å². The Labute approximate surface area is 189 Å². The predicted octanol–water partition coefficient (Wildman–Crippen LogP) is 3.54. The Balaban J connectivity index is 0.000000312. The van der Waals surface area contributed by atoms with Crippen molar-refractivity contribution in [2.45, 2.75) is 13.3 Å². The third kappa shape index (κ3) is 5.92. The molecule has 0 saturated carbocycles. The second-order valence-electron chi connectivity index (χ2n) is 7.33. The quantitative estimate of drug-likeness (QED) is 0.602. The number of rotatable bonds is 3. The molecule has 1 fully saturated rings. The highest BCUT2D eigenvalue weighted by atomic mass is 32.1. The van der Waals surface area contributed by atoms with Crippen LogP contribution >= 0.6 is 11.3 Å². The van der Waals surface area contributed by atoms with E-state index >= 15 is 0 Å². The number of hydrogen-bond donors (Lipinski definition) is 3. The molecule has 3 heterocycles. The number of nitrogens with one attached hydrogen (secondary N) is 1. The molecule has 1 aromatic heterocycles. The number of thiophene rings is 1. The molecule has 0 unspecified atom stereocenters. The summed E-state index contributed by atoms with van der Waals surface area (Å²) in [6, 6.07) is 6.99. The zero-order valence-electron chi connectivity index (χ0n) is 17.8. The van der Waals surface area contributed by atoms with Gasteiger partial charge in [0.15, 0.2) is 0 Å². The van der Waals surface area contributed by atoms with Crippen LogP contribution in [0.3, 0.4) is 0 Å². The zero-order valence-corrected chi connectivity index (χ0v) is 18.7. The first-order valence-corrected chi connectivity index (χ1v) is 10.9. The fraction of sp³-hybridized carbons (Fsp3) is 0.318. The number of fused-ring (bicyclic) bond motifs is 2. The molecule has 0 aliphatic carbocycles. The summed E-state index contributed by atoms with van der Waals surface area (Å²) < 4.78 is 13.7. The van der Waals surface area contributed by atoms with Crippen LogP contribution in [-0.4, -0.2) is 71.0 Å². The van der Waals surface area contributed by atoms with Crippen molar-refractivity contribution in [1.82, 2.24) is 9.80 Å². The third-order valence-electron chi connectivity index (χ3n) is 4.98. The number of hydrogen-bond acceptors (Lipinski definition) is 7. The molecule has 8 nitrogen and oxygen atoms in total. The Bertz CT molecular complexity index is 1040. The van der Waals surface area contributed by atoms with Gasteiger partial charge in [0.05, 0.1) is 16.9 Å². The number of aliphatic carboxylic acids is 2. The number of anilines is 2. The van der Waals surface area contributed by atoms with Crippen molar-refractivity contribution < 1.29 is 24.2 Å². The maximum absolute atomic E-state index is 13.7. The van der Waals surface area contributed by atoms with E-state index in [2.05, 4.69) is 35.2 Å². The Morgan fingerprint density at radius 3 is 2.41 bits per heavy atom. The molecule has 32 heavy (non-hydrogen) atoms. The van der Waals surface area contributed by atoms with Gasteiger partial charge in [-0.3, -0.25) is 0 Å². The highest BCUT2D eigenvalue weighted by Crippen LogP contribution is 2.39. The fourth-order valence-electron chi connectivity index (χ4n) is 3.28.